The summed E-state index contributed by atoms with van der Waals surface area (Å²) in [6, 6.07) is 13.8. The lowest BCUT2D eigenvalue weighted by Gasteiger charge is -2.30. The van der Waals surface area contributed by atoms with Crippen molar-refractivity contribution in [3.8, 4) is 0 Å². The van der Waals surface area contributed by atoms with E-state index >= 15 is 0 Å². The van der Waals surface area contributed by atoms with Crippen LogP contribution in [-0.2, 0) is 20.6 Å². The molecule has 0 aliphatic carbocycles. The fourth-order valence-electron chi connectivity index (χ4n) is 3.46. The van der Waals surface area contributed by atoms with E-state index in [1.54, 1.807) is 24.3 Å². The molecule has 1 fully saturated rings. The Hall–Kier alpha value is -2.71. The maximum Gasteiger partial charge on any atom is 0.248 e. The van der Waals surface area contributed by atoms with Crippen molar-refractivity contribution in [1.29, 1.82) is 0 Å². The minimum Gasteiger partial charge on any atom is -0.366 e. The predicted octanol–water partition coefficient (Wildman–Crippen LogP) is 2.27. The zero-order valence-corrected chi connectivity index (χ0v) is 17.1. The molecule has 1 aliphatic heterocycles. The molecule has 1 saturated heterocycles. The van der Waals surface area contributed by atoms with Crippen LogP contribution >= 0.6 is 0 Å². The second kappa shape index (κ2) is 8.75. The monoisotopic (exact) mass is 415 g/mol. The van der Waals surface area contributed by atoms with Crippen LogP contribution in [0.4, 0.5) is 5.69 Å². The van der Waals surface area contributed by atoms with E-state index in [1.807, 2.05) is 31.2 Å². The van der Waals surface area contributed by atoms with Gasteiger partial charge >= 0.3 is 0 Å². The Morgan fingerprint density at radius 1 is 1.10 bits per heavy atom. The normalized spacial score (nSPS) is 15.8. The minimum atomic E-state index is -3.42. The molecule has 154 valence electrons. The number of rotatable bonds is 6. The third-order valence-corrected chi connectivity index (χ3v) is 6.94. The van der Waals surface area contributed by atoms with Gasteiger partial charge in [-0.05, 0) is 49.6 Å². The topological polar surface area (TPSA) is 110 Å². The van der Waals surface area contributed by atoms with Gasteiger partial charge in [0.2, 0.25) is 21.8 Å². The van der Waals surface area contributed by atoms with Gasteiger partial charge in [-0.3, -0.25) is 9.59 Å². The van der Waals surface area contributed by atoms with E-state index < -0.39 is 15.9 Å². The first kappa shape index (κ1) is 21.0. The largest absolute Gasteiger partial charge is 0.366 e. The summed E-state index contributed by atoms with van der Waals surface area (Å²) in [7, 11) is -3.42. The number of carbonyl (C=O) groups is 2. The standard InChI is InChI=1S/C21H25N3O4S/c1-15-3-2-4-16(13-15)14-29(27,28)24-11-9-18(10-12-24)21(26)23-19-7-5-17(6-8-19)20(22)25/h2-8,13,18H,9-12,14H2,1H3,(H2,22,25)(H,23,26). The van der Waals surface area contributed by atoms with E-state index in [9.17, 15) is 18.0 Å². The van der Waals surface area contributed by atoms with Gasteiger partial charge in [-0.15, -0.1) is 0 Å². The number of aryl methyl sites for hydroxylation is 1. The van der Waals surface area contributed by atoms with Crippen molar-refractivity contribution < 1.29 is 18.0 Å². The Balaban J connectivity index is 1.55. The van der Waals surface area contributed by atoms with Gasteiger partial charge in [0.25, 0.3) is 0 Å². The Bertz CT molecular complexity index is 995. The Morgan fingerprint density at radius 3 is 2.34 bits per heavy atom. The van der Waals surface area contributed by atoms with Gasteiger partial charge in [0.1, 0.15) is 0 Å². The van der Waals surface area contributed by atoms with Crippen molar-refractivity contribution in [2.24, 2.45) is 11.7 Å². The van der Waals surface area contributed by atoms with Crippen LogP contribution in [0.1, 0.15) is 34.3 Å². The molecule has 3 N–H and O–H groups in total. The Kier molecular flexibility index (Phi) is 6.34. The van der Waals surface area contributed by atoms with Crippen LogP contribution in [0.3, 0.4) is 0 Å². The summed E-state index contributed by atoms with van der Waals surface area (Å²) in [4.78, 5) is 23.6. The lowest BCUT2D eigenvalue weighted by atomic mass is 9.97. The van der Waals surface area contributed by atoms with Crippen LogP contribution in [0, 0.1) is 12.8 Å². The van der Waals surface area contributed by atoms with Crippen LogP contribution in [0.25, 0.3) is 0 Å². The first-order chi connectivity index (χ1) is 13.7. The molecule has 3 rings (SSSR count). The number of nitrogens with two attached hydrogens (primary N) is 1. The second-order valence-corrected chi connectivity index (χ2v) is 9.32. The molecule has 29 heavy (non-hydrogen) atoms. The summed E-state index contributed by atoms with van der Waals surface area (Å²) in [5.41, 5.74) is 7.95. The minimum absolute atomic E-state index is 0.0300. The van der Waals surface area contributed by atoms with E-state index in [0.717, 1.165) is 11.1 Å². The smallest absolute Gasteiger partial charge is 0.248 e. The molecule has 0 spiro atoms. The van der Waals surface area contributed by atoms with E-state index in [-0.39, 0.29) is 17.6 Å². The average Bonchev–Trinajstić information content (AvgIpc) is 2.68. The molecular formula is C21H25N3O4S. The molecule has 0 radical (unpaired) electrons. The van der Waals surface area contributed by atoms with Crippen LogP contribution in [0.15, 0.2) is 48.5 Å². The highest BCUT2D eigenvalue weighted by atomic mass is 32.2. The second-order valence-electron chi connectivity index (χ2n) is 7.35. The highest BCUT2D eigenvalue weighted by molar-refractivity contribution is 7.88. The van der Waals surface area contributed by atoms with E-state index in [2.05, 4.69) is 5.32 Å². The SMILES string of the molecule is Cc1cccc(CS(=O)(=O)N2CCC(C(=O)Nc3ccc(C(N)=O)cc3)CC2)c1. The van der Waals surface area contributed by atoms with Crippen LogP contribution < -0.4 is 11.1 Å². The van der Waals surface area contributed by atoms with Crippen molar-refractivity contribution in [2.45, 2.75) is 25.5 Å². The van der Waals surface area contributed by atoms with Crippen LogP contribution in [-0.4, -0.2) is 37.6 Å². The van der Waals surface area contributed by atoms with Crippen molar-refractivity contribution in [1.82, 2.24) is 4.31 Å². The molecule has 0 unspecified atom stereocenters. The first-order valence-electron chi connectivity index (χ1n) is 9.49. The summed E-state index contributed by atoms with van der Waals surface area (Å²) >= 11 is 0. The number of piperidine rings is 1. The molecule has 1 heterocycles. The van der Waals surface area contributed by atoms with Gasteiger partial charge in [0.05, 0.1) is 5.75 Å². The van der Waals surface area contributed by atoms with Gasteiger partial charge in [-0.2, -0.15) is 0 Å². The number of hydrogen-bond donors (Lipinski definition) is 2. The summed E-state index contributed by atoms with van der Waals surface area (Å²) in [5, 5.41) is 2.82. The Morgan fingerprint density at radius 2 is 1.76 bits per heavy atom. The highest BCUT2D eigenvalue weighted by Crippen LogP contribution is 2.23. The highest BCUT2D eigenvalue weighted by Gasteiger charge is 2.31. The number of anilines is 1. The third-order valence-electron chi connectivity index (χ3n) is 5.09. The lowest BCUT2D eigenvalue weighted by molar-refractivity contribution is -0.120. The molecular weight excluding hydrogens is 390 g/mol. The van der Waals surface area contributed by atoms with Crippen molar-refractivity contribution >= 4 is 27.5 Å². The van der Waals surface area contributed by atoms with Crippen LogP contribution in [0.2, 0.25) is 0 Å². The van der Waals surface area contributed by atoms with E-state index in [1.165, 1.54) is 4.31 Å². The number of hydrogen-bond acceptors (Lipinski definition) is 4. The average molecular weight is 416 g/mol. The van der Waals surface area contributed by atoms with Crippen molar-refractivity contribution in [2.75, 3.05) is 18.4 Å². The lowest BCUT2D eigenvalue weighted by Crippen LogP contribution is -2.41. The number of amides is 2. The fraction of sp³-hybridized carbons (Fsp3) is 0.333. The predicted molar refractivity (Wildman–Crippen MR) is 112 cm³/mol. The molecule has 8 heteroatoms. The number of primary amides is 1. The third kappa shape index (κ3) is 5.42. The molecule has 1 aliphatic rings. The molecule has 0 aromatic heterocycles. The maximum atomic E-state index is 12.7. The molecule has 7 nitrogen and oxygen atoms in total. The summed E-state index contributed by atoms with van der Waals surface area (Å²) < 4.78 is 26.9. The van der Waals surface area contributed by atoms with Gasteiger partial charge in [0, 0.05) is 30.3 Å². The van der Waals surface area contributed by atoms with E-state index in [0.29, 0.717) is 37.2 Å². The molecule has 0 saturated carbocycles. The summed E-state index contributed by atoms with van der Waals surface area (Å²) in [6.45, 7) is 2.58. The zero-order valence-electron chi connectivity index (χ0n) is 16.3. The van der Waals surface area contributed by atoms with Gasteiger partial charge in [-0.25, -0.2) is 12.7 Å². The Labute approximate surface area is 171 Å². The summed E-state index contributed by atoms with van der Waals surface area (Å²) in [6.07, 6.45) is 0.941. The molecule has 0 atom stereocenters. The number of nitrogens with one attached hydrogen (secondary N) is 1. The van der Waals surface area contributed by atoms with Gasteiger partial charge in [-0.1, -0.05) is 29.8 Å². The summed E-state index contributed by atoms with van der Waals surface area (Å²) in [5.74, 6) is -0.955. The van der Waals surface area contributed by atoms with Crippen molar-refractivity contribution in [3.05, 3.63) is 65.2 Å². The molecule has 2 amide bonds. The fourth-order valence-corrected chi connectivity index (χ4v) is 5.01. The number of nitrogens with zero attached hydrogens (tertiary/aromatic N) is 1. The zero-order chi connectivity index (χ0) is 21.0. The maximum absolute atomic E-state index is 12.7. The van der Waals surface area contributed by atoms with Gasteiger partial charge in [0.15, 0.2) is 0 Å². The number of sulfonamides is 1. The van der Waals surface area contributed by atoms with Gasteiger partial charge < -0.3 is 11.1 Å². The number of carbonyl (C=O) groups excluding carboxylic acids is 2. The van der Waals surface area contributed by atoms with E-state index in [4.69, 9.17) is 5.73 Å². The molecule has 2 aromatic carbocycles. The first-order valence-corrected chi connectivity index (χ1v) is 11.1. The molecule has 2 aromatic rings. The van der Waals surface area contributed by atoms with Crippen molar-refractivity contribution in [3.63, 3.8) is 0 Å². The molecule has 0 bridgehead atoms. The number of benzene rings is 2. The quantitative estimate of drug-likeness (QED) is 0.754. The van der Waals surface area contributed by atoms with Crippen LogP contribution in [0.5, 0.6) is 0 Å².